The molecule has 0 aromatic heterocycles. The number of rotatable bonds is 6. The molecule has 7 heteroatoms. The Hall–Kier alpha value is -1.51. The molecule has 0 unspecified atom stereocenters. The summed E-state index contributed by atoms with van der Waals surface area (Å²) in [5.74, 6) is 1.56. The van der Waals surface area contributed by atoms with Crippen LogP contribution in [0.1, 0.15) is 43.2 Å². The largest absolute Gasteiger partial charge is 0.496 e. The number of aryl methyl sites for hydroxylation is 1. The minimum Gasteiger partial charge on any atom is -0.496 e. The van der Waals surface area contributed by atoms with Gasteiger partial charge >= 0.3 is 0 Å². The Morgan fingerprint density at radius 2 is 1.96 bits per heavy atom. The molecule has 0 radical (unpaired) electrons. The van der Waals surface area contributed by atoms with E-state index < -0.39 is 0 Å². The van der Waals surface area contributed by atoms with Crippen LogP contribution in [0.5, 0.6) is 5.75 Å². The molecule has 6 nitrogen and oxygen atoms in total. The van der Waals surface area contributed by atoms with Crippen molar-refractivity contribution in [2.24, 2.45) is 4.99 Å². The molecule has 1 saturated carbocycles. The van der Waals surface area contributed by atoms with Crippen LogP contribution in [0.25, 0.3) is 0 Å². The van der Waals surface area contributed by atoms with Crippen molar-refractivity contribution in [1.82, 2.24) is 15.5 Å². The van der Waals surface area contributed by atoms with Gasteiger partial charge < -0.3 is 20.3 Å². The summed E-state index contributed by atoms with van der Waals surface area (Å²) in [5.41, 5.74) is 2.19. The first-order valence-corrected chi connectivity index (χ1v) is 9.38. The Morgan fingerprint density at radius 1 is 1.26 bits per heavy atom. The van der Waals surface area contributed by atoms with Crippen molar-refractivity contribution in [3.63, 3.8) is 0 Å². The van der Waals surface area contributed by atoms with E-state index in [1.54, 1.807) is 26.1 Å². The topological polar surface area (TPSA) is 66.0 Å². The maximum absolute atomic E-state index is 11.9. The lowest BCUT2D eigenvalue weighted by molar-refractivity contribution is -0.127. The maximum atomic E-state index is 11.9. The van der Waals surface area contributed by atoms with E-state index in [9.17, 15) is 4.79 Å². The molecule has 2 N–H and O–H groups in total. The van der Waals surface area contributed by atoms with Crippen LogP contribution in [0.4, 0.5) is 0 Å². The van der Waals surface area contributed by atoms with Crippen LogP contribution in [0, 0.1) is 6.92 Å². The second-order valence-corrected chi connectivity index (χ2v) is 7.10. The number of carbonyl (C=O) groups excluding carboxylic acids is 1. The molecule has 0 heterocycles. The third-order valence-corrected chi connectivity index (χ3v) is 4.70. The first kappa shape index (κ1) is 23.5. The fraction of sp³-hybridized carbons (Fsp3) is 0.600. The van der Waals surface area contributed by atoms with Crippen LogP contribution in [-0.2, 0) is 11.3 Å². The van der Waals surface area contributed by atoms with Gasteiger partial charge in [-0.3, -0.25) is 4.79 Å². The van der Waals surface area contributed by atoms with Crippen molar-refractivity contribution < 1.29 is 9.53 Å². The van der Waals surface area contributed by atoms with E-state index in [4.69, 9.17) is 9.73 Å². The number of halogens is 1. The van der Waals surface area contributed by atoms with Crippen molar-refractivity contribution in [3.8, 4) is 5.75 Å². The van der Waals surface area contributed by atoms with Gasteiger partial charge in [-0.15, -0.1) is 24.0 Å². The number of methoxy groups -OCH3 is 1. The van der Waals surface area contributed by atoms with Crippen LogP contribution < -0.4 is 15.4 Å². The average Bonchev–Trinajstić information content (AvgIpc) is 2.64. The predicted molar refractivity (Wildman–Crippen MR) is 121 cm³/mol. The highest BCUT2D eigenvalue weighted by Gasteiger charge is 2.15. The highest BCUT2D eigenvalue weighted by molar-refractivity contribution is 14.0. The number of guanidine groups is 1. The van der Waals surface area contributed by atoms with Gasteiger partial charge in [0.1, 0.15) is 5.75 Å². The molecule has 1 aliphatic carbocycles. The lowest BCUT2D eigenvalue weighted by Gasteiger charge is -2.25. The lowest BCUT2D eigenvalue weighted by atomic mass is 9.96. The molecule has 0 atom stereocenters. The number of amides is 1. The van der Waals surface area contributed by atoms with Crippen molar-refractivity contribution in [3.05, 3.63) is 29.3 Å². The number of hydrogen-bond acceptors (Lipinski definition) is 3. The molecular weight excluding hydrogens is 455 g/mol. The van der Waals surface area contributed by atoms with Gasteiger partial charge in [0.25, 0.3) is 0 Å². The molecule has 27 heavy (non-hydrogen) atoms. The molecule has 0 saturated heterocycles. The Kier molecular flexibility index (Phi) is 10.5. The summed E-state index contributed by atoms with van der Waals surface area (Å²) in [6, 6.07) is 6.54. The third-order valence-electron chi connectivity index (χ3n) is 4.70. The Balaban J connectivity index is 0.00000364. The molecule has 1 fully saturated rings. The molecule has 1 aromatic carbocycles. The second-order valence-electron chi connectivity index (χ2n) is 7.10. The molecular formula is C20H33IN4O2. The zero-order valence-corrected chi connectivity index (χ0v) is 19.2. The van der Waals surface area contributed by atoms with E-state index >= 15 is 0 Å². The minimum absolute atomic E-state index is 0. The number of carbonyl (C=O) groups is 1. The molecule has 152 valence electrons. The molecule has 1 aromatic rings. The van der Waals surface area contributed by atoms with Gasteiger partial charge in [-0.1, -0.05) is 31.4 Å². The van der Waals surface area contributed by atoms with Crippen LogP contribution in [0.3, 0.4) is 0 Å². The van der Waals surface area contributed by atoms with Gasteiger partial charge in [0.15, 0.2) is 5.96 Å². The summed E-state index contributed by atoms with van der Waals surface area (Å²) in [7, 11) is 5.19. The second kappa shape index (κ2) is 12.0. The van der Waals surface area contributed by atoms with Gasteiger partial charge in [-0.25, -0.2) is 4.99 Å². The zero-order chi connectivity index (χ0) is 18.9. The summed E-state index contributed by atoms with van der Waals surface area (Å²) in [5, 5.41) is 6.67. The van der Waals surface area contributed by atoms with Crippen molar-refractivity contribution in [2.45, 2.75) is 51.6 Å². The van der Waals surface area contributed by atoms with E-state index in [1.165, 1.54) is 19.3 Å². The number of nitrogens with zero attached hydrogens (tertiary/aromatic N) is 2. The molecule has 2 rings (SSSR count). The van der Waals surface area contributed by atoms with E-state index in [0.29, 0.717) is 18.5 Å². The number of likely N-dealkylation sites (N-methyl/N-ethyl adjacent to an activating group) is 1. The fourth-order valence-electron chi connectivity index (χ4n) is 3.06. The minimum atomic E-state index is 0. The van der Waals surface area contributed by atoms with Crippen LogP contribution in [0.15, 0.2) is 23.2 Å². The molecule has 0 spiro atoms. The normalized spacial score (nSPS) is 14.9. The monoisotopic (exact) mass is 488 g/mol. The van der Waals surface area contributed by atoms with Crippen LogP contribution >= 0.6 is 24.0 Å². The van der Waals surface area contributed by atoms with E-state index in [-0.39, 0.29) is 36.4 Å². The summed E-state index contributed by atoms with van der Waals surface area (Å²) in [4.78, 5) is 18.2. The summed E-state index contributed by atoms with van der Waals surface area (Å²) >= 11 is 0. The van der Waals surface area contributed by atoms with Gasteiger partial charge in [0.05, 0.1) is 20.2 Å². The van der Waals surface area contributed by atoms with Gasteiger partial charge in [0.2, 0.25) is 5.91 Å². The molecule has 1 aliphatic rings. The van der Waals surface area contributed by atoms with Crippen molar-refractivity contribution in [1.29, 1.82) is 0 Å². The predicted octanol–water partition coefficient (Wildman–Crippen LogP) is 3.08. The lowest BCUT2D eigenvalue weighted by Crippen LogP contribution is -2.47. The highest BCUT2D eigenvalue weighted by atomic mass is 127. The van der Waals surface area contributed by atoms with Gasteiger partial charge in [-0.05, 0) is 31.4 Å². The highest BCUT2D eigenvalue weighted by Crippen LogP contribution is 2.21. The first-order chi connectivity index (χ1) is 12.5. The first-order valence-electron chi connectivity index (χ1n) is 9.38. The average molecular weight is 488 g/mol. The smallest absolute Gasteiger partial charge is 0.241 e. The third kappa shape index (κ3) is 7.94. The molecule has 0 bridgehead atoms. The van der Waals surface area contributed by atoms with Crippen molar-refractivity contribution >= 4 is 35.8 Å². The number of hydrogen-bond donors (Lipinski definition) is 2. The molecule has 0 aliphatic heterocycles. The SMILES string of the molecule is COc1cc(C)ccc1CN=C(NCC(=O)N(C)C)NC1CCCCC1.I. The summed E-state index contributed by atoms with van der Waals surface area (Å²) in [6.07, 6.45) is 6.09. The number of aliphatic imine (C=N–C) groups is 1. The summed E-state index contributed by atoms with van der Waals surface area (Å²) < 4.78 is 5.47. The Morgan fingerprint density at radius 3 is 2.59 bits per heavy atom. The number of nitrogens with one attached hydrogen (secondary N) is 2. The van der Waals surface area contributed by atoms with Gasteiger partial charge in [-0.2, -0.15) is 0 Å². The van der Waals surface area contributed by atoms with E-state index in [1.807, 2.05) is 19.1 Å². The van der Waals surface area contributed by atoms with Crippen LogP contribution in [-0.4, -0.2) is 50.6 Å². The zero-order valence-electron chi connectivity index (χ0n) is 16.9. The molecule has 1 amide bonds. The van der Waals surface area contributed by atoms with Crippen molar-refractivity contribution in [2.75, 3.05) is 27.7 Å². The number of benzene rings is 1. The number of ether oxygens (including phenoxy) is 1. The van der Waals surface area contributed by atoms with E-state index in [2.05, 4.69) is 16.7 Å². The fourth-order valence-corrected chi connectivity index (χ4v) is 3.06. The Bertz CT molecular complexity index is 628. The maximum Gasteiger partial charge on any atom is 0.241 e. The quantitative estimate of drug-likeness (QED) is 0.367. The standard InChI is InChI=1S/C20H32N4O2.HI/c1-15-10-11-16(18(12-15)26-4)13-21-20(22-14-19(25)24(2)3)23-17-8-6-5-7-9-17;/h10-12,17H,5-9,13-14H2,1-4H3,(H2,21,22,23);1H. The Labute approximate surface area is 180 Å². The van der Waals surface area contributed by atoms with E-state index in [0.717, 1.165) is 29.7 Å². The van der Waals surface area contributed by atoms with Gasteiger partial charge in [0, 0.05) is 25.7 Å². The summed E-state index contributed by atoms with van der Waals surface area (Å²) in [6.45, 7) is 2.78. The van der Waals surface area contributed by atoms with Crippen LogP contribution in [0.2, 0.25) is 0 Å².